The van der Waals surface area contributed by atoms with Gasteiger partial charge in [-0.1, -0.05) is 5.11 Å². The maximum Gasteiger partial charge on any atom is 0.352 e. The molecule has 0 unspecified atom stereocenters. The van der Waals surface area contributed by atoms with E-state index in [2.05, 4.69) is 10.0 Å². The molecule has 19 heavy (non-hydrogen) atoms. The number of nitrogens with zero attached hydrogens (tertiary/aromatic N) is 4. The maximum absolute atomic E-state index is 11.9. The normalized spacial score (nSPS) is 29.5. The molecule has 0 radical (unpaired) electrons. The standard InChI is InChI=1S/C9H11N5O4S/c1-18-9(10)7(17)14-5(6(15)16)4(2-12-13-11)3-19-8(9)14/h8H,2-3,10H2,1H3,(H,15,16)/t8-,9-/m0/s1. The molecule has 2 rings (SSSR count). The molecule has 9 nitrogen and oxygen atoms in total. The molecule has 1 saturated heterocycles. The number of azide groups is 1. The SMILES string of the molecule is CO[C@@]1(N)C(=O)N2C(C(=O)O)=C(CN=[N+]=[N-])CS[C@H]21. The van der Waals surface area contributed by atoms with Crippen LogP contribution in [0, 0.1) is 0 Å². The van der Waals surface area contributed by atoms with Crippen LogP contribution in [0.15, 0.2) is 16.4 Å². The molecule has 10 heteroatoms. The van der Waals surface area contributed by atoms with E-state index in [1.54, 1.807) is 0 Å². The summed E-state index contributed by atoms with van der Waals surface area (Å²) in [6.07, 6.45) is 0. The lowest BCUT2D eigenvalue weighted by molar-refractivity contribution is -0.182. The molecular formula is C9H11N5O4S. The van der Waals surface area contributed by atoms with E-state index in [0.29, 0.717) is 11.3 Å². The van der Waals surface area contributed by atoms with Gasteiger partial charge in [0.15, 0.2) is 0 Å². The van der Waals surface area contributed by atoms with Crippen LogP contribution in [-0.2, 0) is 14.3 Å². The summed E-state index contributed by atoms with van der Waals surface area (Å²) in [6, 6.07) is 0. The van der Waals surface area contributed by atoms with E-state index in [1.807, 2.05) is 0 Å². The number of nitrogens with two attached hydrogens (primary N) is 1. The summed E-state index contributed by atoms with van der Waals surface area (Å²) in [6.45, 7) is -0.0911. The van der Waals surface area contributed by atoms with Gasteiger partial charge in [0.25, 0.3) is 5.91 Å². The van der Waals surface area contributed by atoms with Gasteiger partial charge in [-0.3, -0.25) is 15.4 Å². The van der Waals surface area contributed by atoms with Gasteiger partial charge < -0.3 is 9.84 Å². The number of aliphatic carboxylic acids is 1. The van der Waals surface area contributed by atoms with Crippen LogP contribution >= 0.6 is 11.8 Å². The molecule has 0 spiro atoms. The highest BCUT2D eigenvalue weighted by atomic mass is 32.2. The molecule has 2 aliphatic heterocycles. The Bertz CT molecular complexity index is 529. The summed E-state index contributed by atoms with van der Waals surface area (Å²) in [7, 11) is 1.30. The number of carbonyl (C=O) groups is 2. The van der Waals surface area contributed by atoms with Crippen molar-refractivity contribution in [1.82, 2.24) is 4.90 Å². The Morgan fingerprint density at radius 2 is 2.53 bits per heavy atom. The van der Waals surface area contributed by atoms with Crippen molar-refractivity contribution in [2.24, 2.45) is 10.8 Å². The number of carboxylic acids is 1. The Labute approximate surface area is 112 Å². The molecule has 2 heterocycles. The summed E-state index contributed by atoms with van der Waals surface area (Å²) in [5.41, 5.74) is 12.8. The number of carbonyl (C=O) groups excluding carboxylic acids is 1. The Balaban J connectivity index is 2.39. The van der Waals surface area contributed by atoms with Gasteiger partial charge >= 0.3 is 5.97 Å². The van der Waals surface area contributed by atoms with Crippen molar-refractivity contribution >= 4 is 23.6 Å². The molecule has 1 amide bonds. The molecule has 0 aromatic carbocycles. The van der Waals surface area contributed by atoms with Crippen LogP contribution in [0.5, 0.6) is 0 Å². The summed E-state index contributed by atoms with van der Waals surface area (Å²) in [5, 5.41) is 12.0. The molecule has 0 saturated carbocycles. The fourth-order valence-electron chi connectivity index (χ4n) is 2.04. The predicted octanol–water partition coefficient (Wildman–Crippen LogP) is -0.148. The number of ether oxygens (including phenoxy) is 1. The minimum atomic E-state index is -1.49. The summed E-state index contributed by atoms with van der Waals surface area (Å²) < 4.78 is 4.97. The van der Waals surface area contributed by atoms with Crippen molar-refractivity contribution in [3.63, 3.8) is 0 Å². The van der Waals surface area contributed by atoms with E-state index in [0.717, 1.165) is 4.90 Å². The average Bonchev–Trinajstić information content (AvgIpc) is 2.42. The highest BCUT2D eigenvalue weighted by Crippen LogP contribution is 2.45. The van der Waals surface area contributed by atoms with Crippen molar-refractivity contribution in [3.8, 4) is 0 Å². The minimum Gasteiger partial charge on any atom is -0.477 e. The van der Waals surface area contributed by atoms with Crippen LogP contribution in [0.2, 0.25) is 0 Å². The number of methoxy groups -OCH3 is 1. The molecule has 2 atom stereocenters. The lowest BCUT2D eigenvalue weighted by Gasteiger charge is -2.54. The molecule has 0 aromatic heterocycles. The molecule has 3 N–H and O–H groups in total. The Hall–Kier alpha value is -1.74. The van der Waals surface area contributed by atoms with E-state index in [-0.39, 0.29) is 12.2 Å². The van der Waals surface area contributed by atoms with Crippen LogP contribution in [0.1, 0.15) is 0 Å². The van der Waals surface area contributed by atoms with Crippen LogP contribution in [0.3, 0.4) is 0 Å². The smallest absolute Gasteiger partial charge is 0.352 e. The largest absolute Gasteiger partial charge is 0.477 e. The van der Waals surface area contributed by atoms with Crippen LogP contribution in [0.4, 0.5) is 0 Å². The third kappa shape index (κ3) is 1.85. The first-order valence-corrected chi connectivity index (χ1v) is 6.27. The number of thioether (sulfide) groups is 1. The second-order valence-corrected chi connectivity index (χ2v) is 5.05. The molecule has 0 aliphatic carbocycles. The fraction of sp³-hybridized carbons (Fsp3) is 0.556. The van der Waals surface area contributed by atoms with Crippen molar-refractivity contribution in [2.75, 3.05) is 19.4 Å². The van der Waals surface area contributed by atoms with Gasteiger partial charge in [-0.2, -0.15) is 0 Å². The Morgan fingerprint density at radius 1 is 1.84 bits per heavy atom. The monoisotopic (exact) mass is 285 g/mol. The van der Waals surface area contributed by atoms with Crippen LogP contribution in [0.25, 0.3) is 10.4 Å². The Morgan fingerprint density at radius 3 is 3.05 bits per heavy atom. The number of carboxylic acid groups (broad SMARTS) is 1. The van der Waals surface area contributed by atoms with E-state index in [1.165, 1.54) is 18.9 Å². The van der Waals surface area contributed by atoms with E-state index in [9.17, 15) is 14.7 Å². The number of rotatable bonds is 4. The second-order valence-electron chi connectivity index (χ2n) is 3.98. The van der Waals surface area contributed by atoms with Crippen molar-refractivity contribution in [1.29, 1.82) is 0 Å². The molecule has 2 aliphatic rings. The zero-order valence-electron chi connectivity index (χ0n) is 9.94. The number of hydrogen-bond acceptors (Lipinski definition) is 6. The predicted molar refractivity (Wildman–Crippen MR) is 65.7 cm³/mol. The number of amides is 1. The first kappa shape index (κ1) is 13.7. The quantitative estimate of drug-likeness (QED) is 0.242. The second kappa shape index (κ2) is 4.74. The average molecular weight is 285 g/mol. The lowest BCUT2D eigenvalue weighted by atomic mass is 9.99. The first-order valence-electron chi connectivity index (χ1n) is 5.22. The van der Waals surface area contributed by atoms with Crippen molar-refractivity contribution in [3.05, 3.63) is 21.7 Å². The highest BCUT2D eigenvalue weighted by Gasteiger charge is 2.63. The van der Waals surface area contributed by atoms with Gasteiger partial charge in [-0.05, 0) is 11.1 Å². The summed E-state index contributed by atoms with van der Waals surface area (Å²) >= 11 is 1.28. The molecule has 102 valence electrons. The van der Waals surface area contributed by atoms with Gasteiger partial charge in [0, 0.05) is 17.8 Å². The van der Waals surface area contributed by atoms with Gasteiger partial charge in [0.1, 0.15) is 11.1 Å². The third-order valence-corrected chi connectivity index (χ3v) is 4.40. The summed E-state index contributed by atoms with van der Waals surface area (Å²) in [5.74, 6) is -1.54. The van der Waals surface area contributed by atoms with Gasteiger partial charge in [-0.15, -0.1) is 11.8 Å². The number of hydrogen-bond donors (Lipinski definition) is 2. The molecule has 0 aromatic rings. The van der Waals surface area contributed by atoms with E-state index < -0.39 is 23.0 Å². The number of β-lactam (4-membered cyclic amide) rings is 1. The lowest BCUT2D eigenvalue weighted by Crippen LogP contribution is -2.78. The first-order chi connectivity index (χ1) is 8.97. The van der Waals surface area contributed by atoms with Crippen molar-refractivity contribution in [2.45, 2.75) is 11.1 Å². The van der Waals surface area contributed by atoms with Crippen LogP contribution < -0.4 is 5.73 Å². The van der Waals surface area contributed by atoms with E-state index >= 15 is 0 Å². The zero-order chi connectivity index (χ0) is 14.2. The van der Waals surface area contributed by atoms with Gasteiger partial charge in [0.05, 0.1) is 6.54 Å². The zero-order valence-corrected chi connectivity index (χ0v) is 10.8. The molecular weight excluding hydrogens is 274 g/mol. The summed E-state index contributed by atoms with van der Waals surface area (Å²) in [4.78, 5) is 26.9. The molecule has 0 bridgehead atoms. The molecule has 1 fully saturated rings. The van der Waals surface area contributed by atoms with Crippen LogP contribution in [-0.4, -0.2) is 52.4 Å². The topological polar surface area (TPSA) is 142 Å². The third-order valence-electron chi connectivity index (χ3n) is 3.01. The van der Waals surface area contributed by atoms with E-state index in [4.69, 9.17) is 16.0 Å². The van der Waals surface area contributed by atoms with Gasteiger partial charge in [-0.25, -0.2) is 4.79 Å². The highest BCUT2D eigenvalue weighted by molar-refractivity contribution is 8.00. The van der Waals surface area contributed by atoms with Crippen molar-refractivity contribution < 1.29 is 19.4 Å². The number of fused-ring (bicyclic) bond motifs is 1. The maximum atomic E-state index is 11.9. The van der Waals surface area contributed by atoms with Gasteiger partial charge in [0.2, 0.25) is 5.72 Å². The fourth-order valence-corrected chi connectivity index (χ4v) is 3.42. The minimum absolute atomic E-state index is 0.0911. The Kier molecular flexibility index (Phi) is 3.42.